The highest BCUT2D eigenvalue weighted by molar-refractivity contribution is 6.30. The number of halogens is 1. The minimum Gasteiger partial charge on any atom is -0.496 e. The van der Waals surface area contributed by atoms with Crippen molar-refractivity contribution < 1.29 is 4.74 Å². The summed E-state index contributed by atoms with van der Waals surface area (Å²) < 4.78 is 5.46. The molecule has 0 aliphatic carbocycles. The van der Waals surface area contributed by atoms with Gasteiger partial charge >= 0.3 is 0 Å². The molecule has 1 nitrogen and oxygen atoms in total. The number of hydrogen-bond donors (Lipinski definition) is 0. The molecule has 0 aliphatic rings. The Morgan fingerprint density at radius 1 is 0.947 bits per heavy atom. The molecule has 19 heavy (non-hydrogen) atoms. The average molecular weight is 275 g/mol. The fraction of sp³-hybridized carbons (Fsp3) is 0.294. The van der Waals surface area contributed by atoms with E-state index in [-0.39, 0.29) is 5.41 Å². The van der Waals surface area contributed by atoms with Gasteiger partial charge < -0.3 is 4.74 Å². The maximum atomic E-state index is 6.03. The van der Waals surface area contributed by atoms with E-state index in [9.17, 15) is 0 Å². The quantitative estimate of drug-likeness (QED) is 0.721. The second-order valence-corrected chi connectivity index (χ2v) is 6.08. The molecule has 0 aromatic heterocycles. The molecule has 0 spiro atoms. The topological polar surface area (TPSA) is 9.23 Å². The summed E-state index contributed by atoms with van der Waals surface area (Å²) in [4.78, 5) is 0. The van der Waals surface area contributed by atoms with Crippen molar-refractivity contribution in [2.45, 2.75) is 26.2 Å². The second-order valence-electron chi connectivity index (χ2n) is 5.64. The van der Waals surface area contributed by atoms with Gasteiger partial charge in [0.25, 0.3) is 0 Å². The summed E-state index contributed by atoms with van der Waals surface area (Å²) in [5.74, 6) is 0.809. The van der Waals surface area contributed by atoms with E-state index in [0.717, 1.165) is 11.3 Å². The third-order valence-corrected chi connectivity index (χ3v) is 3.42. The second kappa shape index (κ2) is 5.26. The SMILES string of the molecule is COc1cc(Cl)ccc1-c1ccccc1C(C)(C)C. The van der Waals surface area contributed by atoms with Crippen LogP contribution in [-0.4, -0.2) is 7.11 Å². The molecule has 100 valence electrons. The first-order valence-corrected chi connectivity index (χ1v) is 6.74. The normalized spacial score (nSPS) is 11.4. The number of methoxy groups -OCH3 is 1. The Bertz CT molecular complexity index is 582. The number of hydrogen-bond acceptors (Lipinski definition) is 1. The van der Waals surface area contributed by atoms with Crippen molar-refractivity contribution >= 4 is 11.6 Å². The third-order valence-electron chi connectivity index (χ3n) is 3.19. The van der Waals surface area contributed by atoms with E-state index in [0.29, 0.717) is 5.02 Å². The number of benzene rings is 2. The fourth-order valence-corrected chi connectivity index (χ4v) is 2.42. The Kier molecular flexibility index (Phi) is 3.86. The summed E-state index contributed by atoms with van der Waals surface area (Å²) in [6.07, 6.45) is 0. The van der Waals surface area contributed by atoms with E-state index in [2.05, 4.69) is 45.0 Å². The molecule has 0 atom stereocenters. The first-order valence-electron chi connectivity index (χ1n) is 6.37. The first-order chi connectivity index (χ1) is 8.93. The van der Waals surface area contributed by atoms with Crippen LogP contribution in [0, 0.1) is 0 Å². The minimum atomic E-state index is 0.0846. The van der Waals surface area contributed by atoms with E-state index in [1.807, 2.05) is 18.2 Å². The minimum absolute atomic E-state index is 0.0846. The van der Waals surface area contributed by atoms with Crippen molar-refractivity contribution in [1.29, 1.82) is 0 Å². The average Bonchev–Trinajstić information content (AvgIpc) is 2.37. The van der Waals surface area contributed by atoms with Crippen LogP contribution >= 0.6 is 11.6 Å². The van der Waals surface area contributed by atoms with Crippen molar-refractivity contribution in [2.24, 2.45) is 0 Å². The zero-order valence-electron chi connectivity index (χ0n) is 11.8. The summed E-state index contributed by atoms with van der Waals surface area (Å²) in [6, 6.07) is 14.2. The van der Waals surface area contributed by atoms with Crippen LogP contribution in [0.15, 0.2) is 42.5 Å². The van der Waals surface area contributed by atoms with Gasteiger partial charge in [-0.05, 0) is 34.7 Å². The molecule has 0 amide bonds. The van der Waals surface area contributed by atoms with Crippen LogP contribution in [0.5, 0.6) is 5.75 Å². The van der Waals surface area contributed by atoms with Gasteiger partial charge in [0.2, 0.25) is 0 Å². The lowest BCUT2D eigenvalue weighted by molar-refractivity contribution is 0.416. The first kappa shape index (κ1) is 14.0. The van der Waals surface area contributed by atoms with Gasteiger partial charge in [-0.1, -0.05) is 56.6 Å². The Morgan fingerprint density at radius 3 is 2.26 bits per heavy atom. The van der Waals surface area contributed by atoms with Crippen LogP contribution in [0.3, 0.4) is 0 Å². The van der Waals surface area contributed by atoms with Crippen molar-refractivity contribution in [3.05, 3.63) is 53.1 Å². The van der Waals surface area contributed by atoms with Gasteiger partial charge in [0.1, 0.15) is 5.75 Å². The van der Waals surface area contributed by atoms with Crippen LogP contribution in [0.4, 0.5) is 0 Å². The molecule has 2 rings (SSSR count). The van der Waals surface area contributed by atoms with E-state index in [1.165, 1.54) is 11.1 Å². The lowest BCUT2D eigenvalue weighted by Crippen LogP contribution is -2.12. The van der Waals surface area contributed by atoms with Gasteiger partial charge in [0.05, 0.1) is 7.11 Å². The van der Waals surface area contributed by atoms with Crippen molar-refractivity contribution in [3.8, 4) is 16.9 Å². The highest BCUT2D eigenvalue weighted by Gasteiger charge is 2.19. The zero-order valence-corrected chi connectivity index (χ0v) is 12.6. The fourth-order valence-electron chi connectivity index (χ4n) is 2.26. The molecule has 0 heterocycles. The molecule has 2 aromatic rings. The Labute approximate surface area is 120 Å². The van der Waals surface area contributed by atoms with Crippen molar-refractivity contribution in [2.75, 3.05) is 7.11 Å². The maximum Gasteiger partial charge on any atom is 0.128 e. The van der Waals surface area contributed by atoms with Crippen LogP contribution < -0.4 is 4.74 Å². The van der Waals surface area contributed by atoms with Crippen LogP contribution in [0.2, 0.25) is 5.02 Å². The van der Waals surface area contributed by atoms with Gasteiger partial charge in [0.15, 0.2) is 0 Å². The van der Waals surface area contributed by atoms with Gasteiger partial charge in [-0.3, -0.25) is 0 Å². The van der Waals surface area contributed by atoms with Gasteiger partial charge in [-0.2, -0.15) is 0 Å². The van der Waals surface area contributed by atoms with Crippen LogP contribution in [-0.2, 0) is 5.41 Å². The van der Waals surface area contributed by atoms with Crippen LogP contribution in [0.1, 0.15) is 26.3 Å². The van der Waals surface area contributed by atoms with Gasteiger partial charge in [0, 0.05) is 10.6 Å². The van der Waals surface area contributed by atoms with E-state index >= 15 is 0 Å². The molecule has 0 fully saturated rings. The predicted octanol–water partition coefficient (Wildman–Crippen LogP) is 5.31. The molecule has 0 aliphatic heterocycles. The molecule has 0 N–H and O–H groups in total. The summed E-state index contributed by atoms with van der Waals surface area (Å²) in [5.41, 5.74) is 3.66. The molecule has 0 bridgehead atoms. The molecular weight excluding hydrogens is 256 g/mol. The Balaban J connectivity index is 2.66. The largest absolute Gasteiger partial charge is 0.496 e. The molecule has 0 radical (unpaired) electrons. The zero-order chi connectivity index (χ0) is 14.0. The lowest BCUT2D eigenvalue weighted by atomic mass is 9.82. The summed E-state index contributed by atoms with van der Waals surface area (Å²) in [6.45, 7) is 6.65. The highest BCUT2D eigenvalue weighted by Crippen LogP contribution is 2.38. The molecule has 0 saturated carbocycles. The molecule has 2 heteroatoms. The smallest absolute Gasteiger partial charge is 0.128 e. The Morgan fingerprint density at radius 2 is 1.63 bits per heavy atom. The highest BCUT2D eigenvalue weighted by atomic mass is 35.5. The standard InChI is InChI=1S/C17H19ClO/c1-17(2,3)15-8-6-5-7-13(15)14-10-9-12(18)11-16(14)19-4/h5-11H,1-4H3. The summed E-state index contributed by atoms with van der Waals surface area (Å²) >= 11 is 6.03. The van der Waals surface area contributed by atoms with Crippen molar-refractivity contribution in [1.82, 2.24) is 0 Å². The Hall–Kier alpha value is -1.47. The number of ether oxygens (including phenoxy) is 1. The molecule has 2 aromatic carbocycles. The monoisotopic (exact) mass is 274 g/mol. The predicted molar refractivity (Wildman–Crippen MR) is 82.1 cm³/mol. The van der Waals surface area contributed by atoms with E-state index < -0.39 is 0 Å². The van der Waals surface area contributed by atoms with Crippen molar-refractivity contribution in [3.63, 3.8) is 0 Å². The molecule has 0 saturated heterocycles. The van der Waals surface area contributed by atoms with Crippen LogP contribution in [0.25, 0.3) is 11.1 Å². The third kappa shape index (κ3) is 2.93. The van der Waals surface area contributed by atoms with E-state index in [1.54, 1.807) is 7.11 Å². The van der Waals surface area contributed by atoms with E-state index in [4.69, 9.17) is 16.3 Å². The summed E-state index contributed by atoms with van der Waals surface area (Å²) in [5, 5.41) is 0.689. The van der Waals surface area contributed by atoms with Gasteiger partial charge in [-0.15, -0.1) is 0 Å². The molecular formula is C17H19ClO. The summed E-state index contributed by atoms with van der Waals surface area (Å²) in [7, 11) is 1.68. The number of rotatable bonds is 2. The maximum absolute atomic E-state index is 6.03. The lowest BCUT2D eigenvalue weighted by Gasteiger charge is -2.23. The van der Waals surface area contributed by atoms with Gasteiger partial charge in [-0.25, -0.2) is 0 Å². The molecule has 0 unspecified atom stereocenters.